The molecule has 1 heterocycles. The lowest BCUT2D eigenvalue weighted by Gasteiger charge is -2.28. The van der Waals surface area contributed by atoms with Gasteiger partial charge in [-0.05, 0) is 43.4 Å². The normalized spacial score (nSPS) is 23.8. The van der Waals surface area contributed by atoms with E-state index in [0.29, 0.717) is 6.42 Å². The van der Waals surface area contributed by atoms with Crippen LogP contribution in [0, 0.1) is 6.92 Å². The van der Waals surface area contributed by atoms with E-state index in [2.05, 4.69) is 18.3 Å². The first-order chi connectivity index (χ1) is 8.04. The molecule has 2 nitrogen and oxygen atoms in total. The van der Waals surface area contributed by atoms with Crippen molar-refractivity contribution >= 4 is 17.5 Å². The van der Waals surface area contributed by atoms with Gasteiger partial charge in [-0.2, -0.15) is 0 Å². The highest BCUT2D eigenvalue weighted by molar-refractivity contribution is 6.31. The molecule has 17 heavy (non-hydrogen) atoms. The maximum Gasteiger partial charge on any atom is 0.220 e. The molecule has 0 bridgehead atoms. The lowest BCUT2D eigenvalue weighted by atomic mass is 9.87. The van der Waals surface area contributed by atoms with Crippen molar-refractivity contribution in [3.05, 3.63) is 34.3 Å². The molecule has 1 unspecified atom stereocenters. The molecule has 1 aliphatic rings. The summed E-state index contributed by atoms with van der Waals surface area (Å²) in [7, 11) is 0. The molecule has 1 amide bonds. The highest BCUT2D eigenvalue weighted by atomic mass is 35.5. The lowest BCUT2D eigenvalue weighted by Crippen LogP contribution is -2.42. The van der Waals surface area contributed by atoms with Gasteiger partial charge < -0.3 is 5.32 Å². The lowest BCUT2D eigenvalue weighted by molar-refractivity contribution is -0.119. The van der Waals surface area contributed by atoms with Crippen molar-refractivity contribution in [2.24, 2.45) is 0 Å². The molecule has 1 aromatic rings. The van der Waals surface area contributed by atoms with E-state index in [9.17, 15) is 4.79 Å². The van der Waals surface area contributed by atoms with Gasteiger partial charge in [-0.15, -0.1) is 0 Å². The summed E-state index contributed by atoms with van der Waals surface area (Å²) in [6.45, 7) is 4.13. The zero-order valence-electron chi connectivity index (χ0n) is 10.3. The van der Waals surface area contributed by atoms with E-state index < -0.39 is 0 Å². The SMILES string of the molecule is CCC1(Cc2ccc(C)c(Cl)c2)CCC(=O)N1. The quantitative estimate of drug-likeness (QED) is 0.878. The Bertz CT molecular complexity index is 444. The van der Waals surface area contributed by atoms with E-state index in [1.165, 1.54) is 5.56 Å². The number of benzene rings is 1. The van der Waals surface area contributed by atoms with Crippen molar-refractivity contribution in [2.75, 3.05) is 0 Å². The smallest absolute Gasteiger partial charge is 0.220 e. The third-order valence-corrected chi connectivity index (χ3v) is 4.10. The first-order valence-corrected chi connectivity index (χ1v) is 6.48. The van der Waals surface area contributed by atoms with Crippen LogP contribution in [-0.2, 0) is 11.2 Å². The molecule has 1 atom stereocenters. The summed E-state index contributed by atoms with van der Waals surface area (Å²) < 4.78 is 0. The Morgan fingerprint density at radius 2 is 2.24 bits per heavy atom. The molecule has 1 saturated heterocycles. The molecule has 0 spiro atoms. The van der Waals surface area contributed by atoms with Crippen LogP contribution in [-0.4, -0.2) is 11.4 Å². The Hall–Kier alpha value is -1.02. The summed E-state index contributed by atoms with van der Waals surface area (Å²) >= 11 is 6.13. The van der Waals surface area contributed by atoms with Crippen molar-refractivity contribution in [2.45, 2.75) is 45.1 Å². The molecule has 1 aliphatic heterocycles. The summed E-state index contributed by atoms with van der Waals surface area (Å²) in [4.78, 5) is 11.4. The molecule has 0 radical (unpaired) electrons. The predicted octanol–water partition coefficient (Wildman–Crippen LogP) is 3.25. The molecular formula is C14H18ClNO. The average Bonchev–Trinajstić information content (AvgIpc) is 2.66. The number of aryl methyl sites for hydroxylation is 1. The number of nitrogens with one attached hydrogen (secondary N) is 1. The van der Waals surface area contributed by atoms with Crippen LogP contribution in [0.4, 0.5) is 0 Å². The average molecular weight is 252 g/mol. The number of amides is 1. The van der Waals surface area contributed by atoms with Crippen LogP contribution in [0.3, 0.4) is 0 Å². The minimum atomic E-state index is -0.0599. The molecule has 0 aromatic heterocycles. The first kappa shape index (κ1) is 12.4. The van der Waals surface area contributed by atoms with Gasteiger partial charge >= 0.3 is 0 Å². The van der Waals surface area contributed by atoms with Crippen LogP contribution in [0.2, 0.25) is 5.02 Å². The summed E-state index contributed by atoms with van der Waals surface area (Å²) in [5.41, 5.74) is 2.23. The standard InChI is InChI=1S/C14H18ClNO/c1-3-14(7-6-13(17)16-14)9-11-5-4-10(2)12(15)8-11/h4-5,8H,3,6-7,9H2,1-2H3,(H,16,17). The molecule has 0 saturated carbocycles. The van der Waals surface area contributed by atoms with E-state index in [-0.39, 0.29) is 11.4 Å². The summed E-state index contributed by atoms with van der Waals surface area (Å²) in [6, 6.07) is 6.15. The second kappa shape index (κ2) is 4.69. The highest BCUT2D eigenvalue weighted by Crippen LogP contribution is 2.29. The minimum absolute atomic E-state index is 0.0599. The van der Waals surface area contributed by atoms with Gasteiger partial charge in [0, 0.05) is 17.0 Å². The predicted molar refractivity (Wildman–Crippen MR) is 70.3 cm³/mol. The van der Waals surface area contributed by atoms with Crippen molar-refractivity contribution < 1.29 is 4.79 Å². The fourth-order valence-corrected chi connectivity index (χ4v) is 2.64. The minimum Gasteiger partial charge on any atom is -0.350 e. The third-order valence-electron chi connectivity index (χ3n) is 3.69. The summed E-state index contributed by atoms with van der Waals surface area (Å²) in [6.07, 6.45) is 3.40. The molecule has 1 fully saturated rings. The second-order valence-electron chi connectivity index (χ2n) is 4.94. The van der Waals surface area contributed by atoms with Crippen molar-refractivity contribution in [3.63, 3.8) is 0 Å². The molecular weight excluding hydrogens is 234 g/mol. The molecule has 92 valence electrons. The molecule has 1 aromatic carbocycles. The Morgan fingerprint density at radius 3 is 2.76 bits per heavy atom. The van der Waals surface area contributed by atoms with Crippen molar-refractivity contribution in [1.82, 2.24) is 5.32 Å². The Morgan fingerprint density at radius 1 is 1.47 bits per heavy atom. The van der Waals surface area contributed by atoms with E-state index in [1.807, 2.05) is 19.1 Å². The van der Waals surface area contributed by atoms with Gasteiger partial charge in [-0.3, -0.25) is 4.79 Å². The molecule has 3 heteroatoms. The van der Waals surface area contributed by atoms with E-state index in [0.717, 1.165) is 29.8 Å². The second-order valence-corrected chi connectivity index (χ2v) is 5.35. The van der Waals surface area contributed by atoms with Gasteiger partial charge in [0.25, 0.3) is 0 Å². The Labute approximate surface area is 107 Å². The van der Waals surface area contributed by atoms with Crippen LogP contribution in [0.5, 0.6) is 0 Å². The van der Waals surface area contributed by atoms with E-state index in [1.54, 1.807) is 0 Å². The Balaban J connectivity index is 2.18. The Kier molecular flexibility index (Phi) is 3.43. The monoisotopic (exact) mass is 251 g/mol. The maximum absolute atomic E-state index is 11.4. The van der Waals surface area contributed by atoms with Crippen LogP contribution in [0.15, 0.2) is 18.2 Å². The number of halogens is 1. The largest absolute Gasteiger partial charge is 0.350 e. The fraction of sp³-hybridized carbons (Fsp3) is 0.500. The van der Waals surface area contributed by atoms with Crippen LogP contribution in [0.25, 0.3) is 0 Å². The molecule has 0 aliphatic carbocycles. The highest BCUT2D eigenvalue weighted by Gasteiger charge is 2.35. The van der Waals surface area contributed by atoms with Gasteiger partial charge in [-0.1, -0.05) is 30.7 Å². The zero-order valence-corrected chi connectivity index (χ0v) is 11.1. The van der Waals surface area contributed by atoms with E-state index >= 15 is 0 Å². The van der Waals surface area contributed by atoms with Gasteiger partial charge in [0.15, 0.2) is 0 Å². The zero-order chi connectivity index (χ0) is 12.5. The van der Waals surface area contributed by atoms with Crippen molar-refractivity contribution in [1.29, 1.82) is 0 Å². The van der Waals surface area contributed by atoms with Gasteiger partial charge in [0.2, 0.25) is 5.91 Å². The van der Waals surface area contributed by atoms with Crippen LogP contribution >= 0.6 is 11.6 Å². The summed E-state index contributed by atoms with van der Waals surface area (Å²) in [5.74, 6) is 0.171. The number of rotatable bonds is 3. The first-order valence-electron chi connectivity index (χ1n) is 6.11. The van der Waals surface area contributed by atoms with Crippen LogP contribution in [0.1, 0.15) is 37.3 Å². The van der Waals surface area contributed by atoms with Gasteiger partial charge in [-0.25, -0.2) is 0 Å². The number of carbonyl (C=O) groups excluding carboxylic acids is 1. The molecule has 1 N–H and O–H groups in total. The number of hydrogen-bond donors (Lipinski definition) is 1. The maximum atomic E-state index is 11.4. The van der Waals surface area contributed by atoms with Gasteiger partial charge in [0.05, 0.1) is 0 Å². The molecule has 2 rings (SSSR count). The van der Waals surface area contributed by atoms with Gasteiger partial charge in [0.1, 0.15) is 0 Å². The number of hydrogen-bond acceptors (Lipinski definition) is 1. The van der Waals surface area contributed by atoms with Crippen molar-refractivity contribution in [3.8, 4) is 0 Å². The fourth-order valence-electron chi connectivity index (χ4n) is 2.43. The number of carbonyl (C=O) groups is 1. The van der Waals surface area contributed by atoms with E-state index in [4.69, 9.17) is 11.6 Å². The topological polar surface area (TPSA) is 29.1 Å². The summed E-state index contributed by atoms with van der Waals surface area (Å²) in [5, 5.41) is 3.92. The third kappa shape index (κ3) is 2.63. The van der Waals surface area contributed by atoms with Crippen LogP contribution < -0.4 is 5.32 Å².